The van der Waals surface area contributed by atoms with Gasteiger partial charge in [0.1, 0.15) is 5.65 Å². The Hall–Kier alpha value is -3.03. The van der Waals surface area contributed by atoms with Crippen LogP contribution in [0, 0.1) is 0 Å². The number of carbonyl (C=O) groups excluding carboxylic acids is 1. The molecule has 0 unspecified atom stereocenters. The Kier molecular flexibility index (Phi) is 4.18. The number of nitrogens with one attached hydrogen (secondary N) is 1. The molecule has 1 fully saturated rings. The molecule has 1 aliphatic rings. The second-order valence-corrected chi connectivity index (χ2v) is 8.07. The third kappa shape index (κ3) is 3.08. The quantitative estimate of drug-likeness (QED) is 0.561. The van der Waals surface area contributed by atoms with Gasteiger partial charge in [0, 0.05) is 48.2 Å². The fraction of sp³-hybridized carbons (Fsp3) is 0.190. The summed E-state index contributed by atoms with van der Waals surface area (Å²) in [7, 11) is 0. The average Bonchev–Trinajstić information content (AvgIpc) is 3.46. The number of hydrogen-bond donors (Lipinski definition) is 2. The Morgan fingerprint density at radius 3 is 2.79 bits per heavy atom. The molecule has 0 spiro atoms. The van der Waals surface area contributed by atoms with Crippen LogP contribution in [0.25, 0.3) is 32.7 Å². The summed E-state index contributed by atoms with van der Waals surface area (Å²) >= 11 is 1.40. The SMILES string of the molecule is N[C@H]1CCN(C(=O)c2ncc(-c3cnc4[nH]c(-c5ccccc5)cc4c3)s2)C1. The summed E-state index contributed by atoms with van der Waals surface area (Å²) in [6.45, 7) is 1.31. The highest BCUT2D eigenvalue weighted by Gasteiger charge is 2.26. The number of thiazole rings is 1. The number of hydrogen-bond acceptors (Lipinski definition) is 5. The lowest BCUT2D eigenvalue weighted by atomic mass is 10.1. The molecular formula is C21H19N5OS. The van der Waals surface area contributed by atoms with E-state index in [9.17, 15) is 4.79 Å². The first-order valence-electron chi connectivity index (χ1n) is 9.22. The van der Waals surface area contributed by atoms with Crippen LogP contribution >= 0.6 is 11.3 Å². The summed E-state index contributed by atoms with van der Waals surface area (Å²) in [5.74, 6) is -0.0359. The number of rotatable bonds is 3. The maximum absolute atomic E-state index is 12.6. The molecule has 140 valence electrons. The zero-order chi connectivity index (χ0) is 19.1. The molecule has 1 amide bonds. The molecule has 1 atom stereocenters. The number of likely N-dealkylation sites (tertiary alicyclic amines) is 1. The van der Waals surface area contributed by atoms with Crippen LogP contribution in [0.15, 0.2) is 54.9 Å². The topological polar surface area (TPSA) is 87.9 Å². The molecule has 4 aromatic rings. The molecule has 4 heterocycles. The number of aromatic nitrogens is 3. The molecule has 0 radical (unpaired) electrons. The molecule has 1 aromatic carbocycles. The Bertz CT molecular complexity index is 1150. The number of nitrogens with two attached hydrogens (primary N) is 1. The number of benzene rings is 1. The third-order valence-corrected chi connectivity index (χ3v) is 6.07. The van der Waals surface area contributed by atoms with E-state index in [2.05, 4.69) is 39.2 Å². The lowest BCUT2D eigenvalue weighted by Crippen LogP contribution is -2.31. The minimum atomic E-state index is -0.0359. The minimum Gasteiger partial charge on any atom is -0.339 e. The zero-order valence-electron chi connectivity index (χ0n) is 15.1. The smallest absolute Gasteiger partial charge is 0.282 e. The highest BCUT2D eigenvalue weighted by atomic mass is 32.1. The van der Waals surface area contributed by atoms with Crippen LogP contribution in [-0.2, 0) is 0 Å². The Morgan fingerprint density at radius 1 is 1.14 bits per heavy atom. The van der Waals surface area contributed by atoms with Crippen LogP contribution < -0.4 is 5.73 Å². The van der Waals surface area contributed by atoms with Gasteiger partial charge in [-0.2, -0.15) is 0 Å². The van der Waals surface area contributed by atoms with Gasteiger partial charge in [0.05, 0.1) is 4.88 Å². The third-order valence-electron chi connectivity index (χ3n) is 5.04. The molecule has 5 rings (SSSR count). The summed E-state index contributed by atoms with van der Waals surface area (Å²) in [6.07, 6.45) is 4.42. The predicted octanol–water partition coefficient (Wildman–Crippen LogP) is 3.53. The van der Waals surface area contributed by atoms with Crippen molar-refractivity contribution in [2.24, 2.45) is 5.73 Å². The number of carbonyl (C=O) groups is 1. The van der Waals surface area contributed by atoms with Crippen molar-refractivity contribution < 1.29 is 4.79 Å². The van der Waals surface area contributed by atoms with E-state index in [1.165, 1.54) is 11.3 Å². The largest absolute Gasteiger partial charge is 0.339 e. The highest BCUT2D eigenvalue weighted by Crippen LogP contribution is 2.30. The van der Waals surface area contributed by atoms with Crippen LogP contribution in [-0.4, -0.2) is 44.9 Å². The van der Waals surface area contributed by atoms with Crippen LogP contribution in [0.1, 0.15) is 16.2 Å². The van der Waals surface area contributed by atoms with Crippen molar-refractivity contribution in [3.8, 4) is 21.7 Å². The standard InChI is InChI=1S/C21H19N5OS/c22-16-6-7-26(12-16)21(27)20-24-11-18(28-20)15-8-14-9-17(25-19(14)23-10-15)13-4-2-1-3-5-13/h1-5,8-11,16H,6-7,12,22H2,(H,23,25)/t16-/m0/s1. The van der Waals surface area contributed by atoms with Gasteiger partial charge in [0.15, 0.2) is 5.01 Å². The van der Waals surface area contributed by atoms with Gasteiger partial charge in [-0.05, 0) is 24.1 Å². The van der Waals surface area contributed by atoms with Gasteiger partial charge < -0.3 is 15.6 Å². The van der Waals surface area contributed by atoms with Crippen molar-refractivity contribution in [3.05, 3.63) is 59.9 Å². The van der Waals surface area contributed by atoms with Gasteiger partial charge in [-0.3, -0.25) is 4.79 Å². The summed E-state index contributed by atoms with van der Waals surface area (Å²) in [5, 5.41) is 1.53. The van der Waals surface area contributed by atoms with Crippen molar-refractivity contribution in [2.75, 3.05) is 13.1 Å². The number of amides is 1. The predicted molar refractivity (Wildman–Crippen MR) is 111 cm³/mol. The Labute approximate surface area is 166 Å². The van der Waals surface area contributed by atoms with Gasteiger partial charge in [0.2, 0.25) is 0 Å². The van der Waals surface area contributed by atoms with Crippen molar-refractivity contribution >= 4 is 28.3 Å². The first-order valence-corrected chi connectivity index (χ1v) is 10.0. The number of nitrogens with zero attached hydrogens (tertiary/aromatic N) is 3. The first-order chi connectivity index (χ1) is 13.7. The number of aromatic amines is 1. The van der Waals surface area contributed by atoms with Gasteiger partial charge in [-0.25, -0.2) is 9.97 Å². The van der Waals surface area contributed by atoms with Crippen LogP contribution in [0.5, 0.6) is 0 Å². The van der Waals surface area contributed by atoms with Gasteiger partial charge in [-0.1, -0.05) is 30.3 Å². The Balaban J connectivity index is 1.43. The summed E-state index contributed by atoms with van der Waals surface area (Å²) in [6, 6.07) is 14.4. The normalized spacial score (nSPS) is 16.8. The molecule has 0 aliphatic carbocycles. The van der Waals surface area contributed by atoms with E-state index in [0.717, 1.165) is 39.2 Å². The second kappa shape index (κ2) is 6.85. The maximum Gasteiger partial charge on any atom is 0.282 e. The molecule has 0 saturated carbocycles. The lowest BCUT2D eigenvalue weighted by Gasteiger charge is -2.13. The number of H-pyrrole nitrogens is 1. The minimum absolute atomic E-state index is 0.0359. The molecule has 6 nitrogen and oxygen atoms in total. The van der Waals surface area contributed by atoms with E-state index in [-0.39, 0.29) is 11.9 Å². The molecule has 1 saturated heterocycles. The zero-order valence-corrected chi connectivity index (χ0v) is 15.9. The van der Waals surface area contributed by atoms with Gasteiger partial charge in [0.25, 0.3) is 5.91 Å². The van der Waals surface area contributed by atoms with Gasteiger partial charge >= 0.3 is 0 Å². The van der Waals surface area contributed by atoms with E-state index in [4.69, 9.17) is 5.73 Å². The molecule has 3 N–H and O–H groups in total. The van der Waals surface area contributed by atoms with E-state index in [0.29, 0.717) is 18.1 Å². The summed E-state index contributed by atoms with van der Waals surface area (Å²) in [4.78, 5) is 27.6. The van der Waals surface area contributed by atoms with Crippen molar-refractivity contribution in [1.82, 2.24) is 19.9 Å². The van der Waals surface area contributed by atoms with Crippen LogP contribution in [0.4, 0.5) is 0 Å². The van der Waals surface area contributed by atoms with E-state index >= 15 is 0 Å². The maximum atomic E-state index is 12.6. The highest BCUT2D eigenvalue weighted by molar-refractivity contribution is 7.16. The van der Waals surface area contributed by atoms with E-state index < -0.39 is 0 Å². The van der Waals surface area contributed by atoms with Crippen LogP contribution in [0.3, 0.4) is 0 Å². The molecule has 0 bridgehead atoms. The molecule has 1 aliphatic heterocycles. The Morgan fingerprint density at radius 2 is 2.00 bits per heavy atom. The van der Waals surface area contributed by atoms with Crippen molar-refractivity contribution in [2.45, 2.75) is 12.5 Å². The average molecular weight is 389 g/mol. The monoisotopic (exact) mass is 389 g/mol. The fourth-order valence-electron chi connectivity index (χ4n) is 3.54. The summed E-state index contributed by atoms with van der Waals surface area (Å²) in [5.41, 5.74) is 9.87. The fourth-order valence-corrected chi connectivity index (χ4v) is 4.40. The lowest BCUT2D eigenvalue weighted by molar-refractivity contribution is 0.0790. The van der Waals surface area contributed by atoms with Crippen molar-refractivity contribution in [3.63, 3.8) is 0 Å². The first kappa shape index (κ1) is 17.1. The number of fused-ring (bicyclic) bond motifs is 1. The molecule has 7 heteroatoms. The van der Waals surface area contributed by atoms with Crippen molar-refractivity contribution in [1.29, 1.82) is 0 Å². The molecular weight excluding hydrogens is 370 g/mol. The second-order valence-electron chi connectivity index (χ2n) is 7.04. The van der Waals surface area contributed by atoms with E-state index in [1.54, 1.807) is 11.1 Å². The van der Waals surface area contributed by atoms with Gasteiger partial charge in [-0.15, -0.1) is 11.3 Å². The number of pyridine rings is 1. The summed E-state index contributed by atoms with van der Waals surface area (Å²) < 4.78 is 0. The van der Waals surface area contributed by atoms with E-state index in [1.807, 2.05) is 24.4 Å². The molecule has 28 heavy (non-hydrogen) atoms. The van der Waals surface area contributed by atoms with Crippen LogP contribution in [0.2, 0.25) is 0 Å². The molecule has 3 aromatic heterocycles.